The number of hydrogen-bond donors (Lipinski definition) is 4. The van der Waals surface area contributed by atoms with Crippen molar-refractivity contribution in [3.05, 3.63) is 73.2 Å². The molecule has 0 bridgehead atoms. The van der Waals surface area contributed by atoms with E-state index in [-0.39, 0.29) is 22.7 Å². The SMILES string of the molecule is COc1ccc(Nc2nc(Nc3cnn(-c4ccccc4)c3)ncc2N(O)O)cc1. The molecule has 4 rings (SSSR count). The number of benzene rings is 2. The molecule has 4 N–H and O–H groups in total. The van der Waals surface area contributed by atoms with Gasteiger partial charge in [-0.15, -0.1) is 5.23 Å². The minimum Gasteiger partial charge on any atom is -0.497 e. The fourth-order valence-electron chi connectivity index (χ4n) is 2.72. The largest absolute Gasteiger partial charge is 0.497 e. The lowest BCUT2D eigenvalue weighted by Gasteiger charge is -2.15. The van der Waals surface area contributed by atoms with Crippen molar-refractivity contribution in [2.45, 2.75) is 0 Å². The topological polar surface area (TPSA) is 121 Å². The van der Waals surface area contributed by atoms with Gasteiger partial charge in [0, 0.05) is 5.69 Å². The average molecular weight is 405 g/mol. The minimum atomic E-state index is -0.0386. The van der Waals surface area contributed by atoms with Crippen molar-refractivity contribution in [1.29, 1.82) is 0 Å². The molecule has 10 nitrogen and oxygen atoms in total. The Balaban J connectivity index is 1.57. The molecule has 0 aliphatic heterocycles. The zero-order chi connectivity index (χ0) is 20.9. The van der Waals surface area contributed by atoms with Gasteiger partial charge in [-0.25, -0.2) is 9.67 Å². The van der Waals surface area contributed by atoms with E-state index in [1.165, 1.54) is 6.20 Å². The summed E-state index contributed by atoms with van der Waals surface area (Å²) in [5, 5.41) is 29.3. The number of nitrogens with zero attached hydrogens (tertiary/aromatic N) is 5. The smallest absolute Gasteiger partial charge is 0.229 e. The van der Waals surface area contributed by atoms with Gasteiger partial charge in [0.25, 0.3) is 0 Å². The Labute approximate surface area is 171 Å². The molecule has 0 saturated heterocycles. The van der Waals surface area contributed by atoms with Gasteiger partial charge in [-0.1, -0.05) is 18.2 Å². The number of aromatic nitrogens is 4. The zero-order valence-electron chi connectivity index (χ0n) is 16.0. The van der Waals surface area contributed by atoms with Crippen LogP contribution in [-0.4, -0.2) is 37.3 Å². The highest BCUT2D eigenvalue weighted by Gasteiger charge is 2.13. The second kappa shape index (κ2) is 8.47. The van der Waals surface area contributed by atoms with Gasteiger partial charge in [0.2, 0.25) is 5.95 Å². The Morgan fingerprint density at radius 1 is 0.933 bits per heavy atom. The van der Waals surface area contributed by atoms with Crippen LogP contribution in [0.1, 0.15) is 0 Å². The molecule has 0 fully saturated rings. The summed E-state index contributed by atoms with van der Waals surface area (Å²) in [7, 11) is 1.58. The lowest BCUT2D eigenvalue weighted by molar-refractivity contribution is 0.0292. The molecule has 0 saturated carbocycles. The van der Waals surface area contributed by atoms with Crippen LogP contribution in [0.2, 0.25) is 0 Å². The Morgan fingerprint density at radius 2 is 1.70 bits per heavy atom. The van der Waals surface area contributed by atoms with Crippen molar-refractivity contribution in [2.75, 3.05) is 23.0 Å². The Morgan fingerprint density at radius 3 is 2.40 bits per heavy atom. The van der Waals surface area contributed by atoms with Crippen LogP contribution in [0.25, 0.3) is 5.69 Å². The van der Waals surface area contributed by atoms with Crippen molar-refractivity contribution < 1.29 is 15.2 Å². The predicted molar refractivity (Wildman–Crippen MR) is 111 cm³/mol. The van der Waals surface area contributed by atoms with Crippen LogP contribution in [0.3, 0.4) is 0 Å². The quantitative estimate of drug-likeness (QED) is 0.341. The van der Waals surface area contributed by atoms with Crippen LogP contribution in [0.15, 0.2) is 73.2 Å². The van der Waals surface area contributed by atoms with Crippen LogP contribution < -0.4 is 20.6 Å². The van der Waals surface area contributed by atoms with Crippen LogP contribution in [0, 0.1) is 0 Å². The summed E-state index contributed by atoms with van der Waals surface area (Å²) in [5.74, 6) is 1.15. The highest BCUT2D eigenvalue weighted by molar-refractivity contribution is 5.71. The van der Waals surface area contributed by atoms with Gasteiger partial charge >= 0.3 is 0 Å². The van der Waals surface area contributed by atoms with E-state index in [2.05, 4.69) is 25.7 Å². The highest BCUT2D eigenvalue weighted by Crippen LogP contribution is 2.27. The molecule has 0 aliphatic rings. The third kappa shape index (κ3) is 4.29. The molecular formula is C20H19N7O3. The van der Waals surface area contributed by atoms with Crippen molar-refractivity contribution in [2.24, 2.45) is 0 Å². The Hall–Kier alpha value is -4.15. The molecule has 0 atom stereocenters. The van der Waals surface area contributed by atoms with E-state index in [1.54, 1.807) is 48.5 Å². The summed E-state index contributed by atoms with van der Waals surface area (Å²) in [4.78, 5) is 8.47. The van der Waals surface area contributed by atoms with Gasteiger partial charge in [0.1, 0.15) is 5.75 Å². The normalized spacial score (nSPS) is 10.5. The summed E-state index contributed by atoms with van der Waals surface area (Å²) in [6.07, 6.45) is 4.72. The molecule has 0 radical (unpaired) electrons. The first kappa shape index (κ1) is 19.2. The number of ether oxygens (including phenoxy) is 1. The fraction of sp³-hybridized carbons (Fsp3) is 0.0500. The maximum Gasteiger partial charge on any atom is 0.229 e. The summed E-state index contributed by atoms with van der Waals surface area (Å²) < 4.78 is 6.86. The van der Waals surface area contributed by atoms with E-state index >= 15 is 0 Å². The Kier molecular flexibility index (Phi) is 5.42. The molecule has 0 amide bonds. The minimum absolute atomic E-state index is 0.0173. The molecule has 2 aromatic carbocycles. The van der Waals surface area contributed by atoms with Gasteiger partial charge < -0.3 is 15.4 Å². The number of para-hydroxylation sites is 1. The van der Waals surface area contributed by atoms with Crippen LogP contribution in [-0.2, 0) is 0 Å². The number of hydrogen-bond acceptors (Lipinski definition) is 9. The number of methoxy groups -OCH3 is 1. The maximum absolute atomic E-state index is 9.49. The molecule has 10 heteroatoms. The molecule has 152 valence electrons. The van der Waals surface area contributed by atoms with E-state index in [0.29, 0.717) is 17.1 Å². The molecule has 0 spiro atoms. The first-order chi connectivity index (χ1) is 14.6. The molecule has 4 aromatic rings. The van der Waals surface area contributed by atoms with E-state index in [1.807, 2.05) is 30.3 Å². The number of anilines is 5. The summed E-state index contributed by atoms with van der Waals surface area (Å²) in [5.41, 5.74) is 2.25. The molecule has 0 unspecified atom stereocenters. The number of nitrogens with one attached hydrogen (secondary N) is 2. The van der Waals surface area contributed by atoms with Crippen molar-refractivity contribution in [1.82, 2.24) is 19.7 Å². The molecule has 2 heterocycles. The van der Waals surface area contributed by atoms with Gasteiger partial charge in [-0.05, 0) is 36.4 Å². The third-order valence-electron chi connectivity index (χ3n) is 4.20. The molecular weight excluding hydrogens is 386 g/mol. The summed E-state index contributed by atoms with van der Waals surface area (Å²) in [6, 6.07) is 16.8. The van der Waals surface area contributed by atoms with E-state index in [0.717, 1.165) is 5.69 Å². The summed E-state index contributed by atoms with van der Waals surface area (Å²) in [6.45, 7) is 0. The second-order valence-electron chi connectivity index (χ2n) is 6.20. The van der Waals surface area contributed by atoms with Crippen molar-refractivity contribution >= 4 is 28.8 Å². The van der Waals surface area contributed by atoms with Crippen LogP contribution >= 0.6 is 0 Å². The monoisotopic (exact) mass is 405 g/mol. The van der Waals surface area contributed by atoms with E-state index < -0.39 is 0 Å². The third-order valence-corrected chi connectivity index (χ3v) is 4.20. The van der Waals surface area contributed by atoms with E-state index in [4.69, 9.17) is 4.74 Å². The lowest BCUT2D eigenvalue weighted by Crippen LogP contribution is -2.15. The standard InChI is InChI=1S/C20H19N7O3/c1-30-17-9-7-14(8-10-17)23-19-18(27(28)29)12-21-20(25-19)24-15-11-22-26(13-15)16-5-3-2-4-6-16/h2-13,28-29H,1H3,(H2,21,23,24,25). The van der Waals surface area contributed by atoms with Gasteiger partial charge in [-0.3, -0.25) is 10.4 Å². The summed E-state index contributed by atoms with van der Waals surface area (Å²) >= 11 is 0. The zero-order valence-corrected chi connectivity index (χ0v) is 16.0. The predicted octanol–water partition coefficient (Wildman–Crippen LogP) is 3.74. The van der Waals surface area contributed by atoms with Crippen LogP contribution in [0.4, 0.5) is 28.8 Å². The van der Waals surface area contributed by atoms with Gasteiger partial charge in [0.05, 0.1) is 37.1 Å². The number of rotatable bonds is 7. The highest BCUT2D eigenvalue weighted by atomic mass is 16.8. The first-order valence-electron chi connectivity index (χ1n) is 8.95. The van der Waals surface area contributed by atoms with Crippen molar-refractivity contribution in [3.63, 3.8) is 0 Å². The van der Waals surface area contributed by atoms with E-state index in [9.17, 15) is 10.4 Å². The lowest BCUT2D eigenvalue weighted by atomic mass is 10.3. The van der Waals surface area contributed by atoms with Gasteiger partial charge in [0.15, 0.2) is 11.5 Å². The maximum atomic E-state index is 9.49. The first-order valence-corrected chi connectivity index (χ1v) is 8.95. The average Bonchev–Trinajstić information content (AvgIpc) is 3.23. The fourth-order valence-corrected chi connectivity index (χ4v) is 2.72. The molecule has 2 aromatic heterocycles. The second-order valence-corrected chi connectivity index (χ2v) is 6.20. The Bertz CT molecular complexity index is 1110. The van der Waals surface area contributed by atoms with Crippen molar-refractivity contribution in [3.8, 4) is 11.4 Å². The van der Waals surface area contributed by atoms with Crippen LogP contribution in [0.5, 0.6) is 5.75 Å². The van der Waals surface area contributed by atoms with Gasteiger partial charge in [-0.2, -0.15) is 10.1 Å². The molecule has 0 aliphatic carbocycles. The molecule has 30 heavy (non-hydrogen) atoms.